The lowest BCUT2D eigenvalue weighted by Crippen LogP contribution is -2.38. The molecule has 0 unspecified atom stereocenters. The largest absolute Gasteiger partial charge is 0.244 e. The van der Waals surface area contributed by atoms with Crippen LogP contribution in [0, 0.1) is 5.92 Å². The van der Waals surface area contributed by atoms with Crippen molar-refractivity contribution in [3.8, 4) is 0 Å². The van der Waals surface area contributed by atoms with Gasteiger partial charge in [0.05, 0.1) is 4.90 Å². The molecule has 1 heterocycles. The van der Waals surface area contributed by atoms with Gasteiger partial charge in [-0.15, -0.1) is 11.6 Å². The zero-order valence-corrected chi connectivity index (χ0v) is 13.9. The number of rotatable bonds is 3. The zero-order valence-electron chi connectivity index (χ0n) is 10.8. The Morgan fingerprint density at radius 3 is 2.53 bits per heavy atom. The van der Waals surface area contributed by atoms with Crippen molar-refractivity contribution in [2.24, 2.45) is 5.92 Å². The number of sulfonamides is 1. The summed E-state index contributed by atoms with van der Waals surface area (Å²) in [5.74, 6) is 0.980. The first kappa shape index (κ1) is 15.3. The van der Waals surface area contributed by atoms with Crippen LogP contribution in [-0.4, -0.2) is 25.8 Å². The normalized spacial score (nSPS) is 18.7. The molecule has 2 rings (SSSR count). The van der Waals surface area contributed by atoms with Crippen LogP contribution in [0.1, 0.15) is 25.3 Å². The first-order valence-electron chi connectivity index (χ1n) is 6.29. The fourth-order valence-electron chi connectivity index (χ4n) is 2.20. The number of hydrogen-bond acceptors (Lipinski definition) is 2. The topological polar surface area (TPSA) is 37.4 Å². The Labute approximate surface area is 128 Å². The molecule has 1 aromatic rings. The second-order valence-electron chi connectivity index (χ2n) is 4.99. The lowest BCUT2D eigenvalue weighted by Gasteiger charge is -2.29. The molecular weight excluding hydrogens is 350 g/mol. The summed E-state index contributed by atoms with van der Waals surface area (Å²) < 4.78 is 27.3. The standard InChI is InChI=1S/C13H17BrClNO2S/c1-10-4-6-16(7-5-10)19(17,18)13-3-2-11(9-15)8-12(13)14/h2-3,8,10H,4-7,9H2,1H3. The van der Waals surface area contributed by atoms with E-state index < -0.39 is 10.0 Å². The first-order valence-corrected chi connectivity index (χ1v) is 9.06. The van der Waals surface area contributed by atoms with Crippen LogP contribution in [0.4, 0.5) is 0 Å². The predicted octanol–water partition coefficient (Wildman–Crippen LogP) is 3.61. The molecule has 1 fully saturated rings. The summed E-state index contributed by atoms with van der Waals surface area (Å²) in [7, 11) is -3.40. The van der Waals surface area contributed by atoms with E-state index in [1.807, 2.05) is 0 Å². The molecule has 0 radical (unpaired) electrons. The van der Waals surface area contributed by atoms with Crippen LogP contribution < -0.4 is 0 Å². The highest BCUT2D eigenvalue weighted by atomic mass is 79.9. The highest BCUT2D eigenvalue weighted by Crippen LogP contribution is 2.29. The average Bonchev–Trinajstić information content (AvgIpc) is 2.38. The Bertz CT molecular complexity index is 554. The van der Waals surface area contributed by atoms with Gasteiger partial charge in [-0.1, -0.05) is 13.0 Å². The first-order chi connectivity index (χ1) is 8.95. The minimum Gasteiger partial charge on any atom is -0.207 e. The van der Waals surface area contributed by atoms with Crippen LogP contribution in [0.3, 0.4) is 0 Å². The summed E-state index contributed by atoms with van der Waals surface area (Å²) in [6.07, 6.45) is 1.85. The molecule has 6 heteroatoms. The number of alkyl halides is 1. The van der Waals surface area contributed by atoms with E-state index >= 15 is 0 Å². The smallest absolute Gasteiger partial charge is 0.207 e. The maximum Gasteiger partial charge on any atom is 0.244 e. The Hall–Kier alpha value is -0.100. The summed E-state index contributed by atoms with van der Waals surface area (Å²) in [6.45, 7) is 3.37. The van der Waals surface area contributed by atoms with E-state index in [1.54, 1.807) is 22.5 Å². The zero-order chi connectivity index (χ0) is 14.0. The molecule has 3 nitrogen and oxygen atoms in total. The third kappa shape index (κ3) is 3.32. The minimum absolute atomic E-state index is 0.330. The van der Waals surface area contributed by atoms with Crippen molar-refractivity contribution in [2.45, 2.75) is 30.5 Å². The molecule has 1 saturated heterocycles. The second-order valence-corrected chi connectivity index (χ2v) is 8.01. The molecule has 0 aliphatic carbocycles. The molecule has 0 N–H and O–H groups in total. The third-order valence-corrected chi connectivity index (χ3v) is 6.69. The van der Waals surface area contributed by atoms with E-state index in [1.165, 1.54) is 0 Å². The molecule has 1 aliphatic heterocycles. The minimum atomic E-state index is -3.40. The van der Waals surface area contributed by atoms with Gasteiger partial charge in [-0.25, -0.2) is 8.42 Å². The molecular formula is C13H17BrClNO2S. The van der Waals surface area contributed by atoms with Gasteiger partial charge < -0.3 is 0 Å². The van der Waals surface area contributed by atoms with Gasteiger partial charge in [-0.05, 0) is 52.4 Å². The summed E-state index contributed by atoms with van der Waals surface area (Å²) in [5, 5.41) is 0. The Morgan fingerprint density at radius 2 is 2.00 bits per heavy atom. The van der Waals surface area contributed by atoms with Crippen molar-refractivity contribution in [3.05, 3.63) is 28.2 Å². The predicted molar refractivity (Wildman–Crippen MR) is 80.9 cm³/mol. The molecule has 0 atom stereocenters. The third-order valence-electron chi connectivity index (χ3n) is 3.51. The van der Waals surface area contributed by atoms with E-state index in [0.717, 1.165) is 18.4 Å². The van der Waals surface area contributed by atoms with Crippen LogP contribution in [0.15, 0.2) is 27.6 Å². The molecule has 0 amide bonds. The summed E-state index contributed by atoms with van der Waals surface area (Å²) >= 11 is 9.09. The lowest BCUT2D eigenvalue weighted by atomic mass is 10.0. The van der Waals surface area contributed by atoms with E-state index in [-0.39, 0.29) is 0 Å². The molecule has 106 valence electrons. The Kier molecular flexibility index (Phi) is 4.93. The molecule has 0 spiro atoms. The lowest BCUT2D eigenvalue weighted by molar-refractivity contribution is 0.288. The molecule has 1 aliphatic rings. The maximum atomic E-state index is 12.6. The number of nitrogens with zero attached hydrogens (tertiary/aromatic N) is 1. The van der Waals surface area contributed by atoms with Crippen LogP contribution in [0.2, 0.25) is 0 Å². The Balaban J connectivity index is 2.29. The number of piperidine rings is 1. The van der Waals surface area contributed by atoms with E-state index in [2.05, 4.69) is 22.9 Å². The molecule has 1 aromatic carbocycles. The monoisotopic (exact) mass is 365 g/mol. The SMILES string of the molecule is CC1CCN(S(=O)(=O)c2ccc(CCl)cc2Br)CC1. The van der Waals surface area contributed by atoms with Crippen LogP contribution in [0.25, 0.3) is 0 Å². The Morgan fingerprint density at radius 1 is 1.37 bits per heavy atom. The fraction of sp³-hybridized carbons (Fsp3) is 0.538. The van der Waals surface area contributed by atoms with Gasteiger partial charge in [0.1, 0.15) is 0 Å². The van der Waals surface area contributed by atoms with Gasteiger partial charge in [0.2, 0.25) is 10.0 Å². The van der Waals surface area contributed by atoms with Crippen molar-refractivity contribution in [1.29, 1.82) is 0 Å². The van der Waals surface area contributed by atoms with Crippen molar-refractivity contribution < 1.29 is 8.42 Å². The van der Waals surface area contributed by atoms with Crippen LogP contribution >= 0.6 is 27.5 Å². The number of halogens is 2. The molecule has 0 bridgehead atoms. The van der Waals surface area contributed by atoms with Gasteiger partial charge in [-0.2, -0.15) is 4.31 Å². The van der Waals surface area contributed by atoms with Gasteiger partial charge in [0.15, 0.2) is 0 Å². The van der Waals surface area contributed by atoms with Crippen LogP contribution in [-0.2, 0) is 15.9 Å². The average molecular weight is 367 g/mol. The maximum absolute atomic E-state index is 12.6. The number of hydrogen-bond donors (Lipinski definition) is 0. The van der Waals surface area contributed by atoms with Gasteiger partial charge in [0, 0.05) is 23.4 Å². The fourth-order valence-corrected chi connectivity index (χ4v) is 4.92. The van der Waals surface area contributed by atoms with Crippen molar-refractivity contribution in [3.63, 3.8) is 0 Å². The quantitative estimate of drug-likeness (QED) is 0.766. The van der Waals surface area contributed by atoms with E-state index in [4.69, 9.17) is 11.6 Å². The summed E-state index contributed by atoms with van der Waals surface area (Å²) in [5.41, 5.74) is 0.903. The highest BCUT2D eigenvalue weighted by Gasteiger charge is 2.29. The molecule has 19 heavy (non-hydrogen) atoms. The van der Waals surface area contributed by atoms with E-state index in [0.29, 0.717) is 34.3 Å². The van der Waals surface area contributed by atoms with Crippen molar-refractivity contribution in [2.75, 3.05) is 13.1 Å². The van der Waals surface area contributed by atoms with Gasteiger partial charge in [0.25, 0.3) is 0 Å². The van der Waals surface area contributed by atoms with Crippen molar-refractivity contribution in [1.82, 2.24) is 4.31 Å². The van der Waals surface area contributed by atoms with E-state index in [9.17, 15) is 8.42 Å². The van der Waals surface area contributed by atoms with Crippen LogP contribution in [0.5, 0.6) is 0 Å². The highest BCUT2D eigenvalue weighted by molar-refractivity contribution is 9.10. The second kappa shape index (κ2) is 6.12. The number of benzene rings is 1. The summed E-state index contributed by atoms with van der Waals surface area (Å²) in [4.78, 5) is 0.330. The van der Waals surface area contributed by atoms with Gasteiger partial charge >= 0.3 is 0 Å². The van der Waals surface area contributed by atoms with Crippen molar-refractivity contribution >= 4 is 37.6 Å². The molecule has 0 saturated carbocycles. The van der Waals surface area contributed by atoms with Gasteiger partial charge in [-0.3, -0.25) is 0 Å². The molecule has 0 aromatic heterocycles. The summed E-state index contributed by atoms with van der Waals surface area (Å²) in [6, 6.07) is 5.17.